The van der Waals surface area contributed by atoms with E-state index < -0.39 is 86.9 Å². The predicted octanol–water partition coefficient (Wildman–Crippen LogP) is 18.1. The maximum atomic E-state index is 11.4. The molecule has 114 heavy (non-hydrogen) atoms. The van der Waals surface area contributed by atoms with Crippen LogP contribution in [0.1, 0.15) is 307 Å². The molecule has 8 saturated heterocycles. The molecule has 22 nitrogen and oxygen atoms in total. The average Bonchev–Trinajstić information content (AvgIpc) is 0.772. The molecule has 40 atom stereocenters. The third kappa shape index (κ3) is 25.7. The van der Waals surface area contributed by atoms with E-state index in [1.54, 1.807) is 0 Å². The van der Waals surface area contributed by atoms with Crippen molar-refractivity contribution in [3.8, 4) is 0 Å². The number of aliphatic hydroxyl groups excluding tert-OH is 2. The maximum absolute atomic E-state index is 11.4. The summed E-state index contributed by atoms with van der Waals surface area (Å²) in [5.41, 5.74) is 0. The molecule has 0 aromatic heterocycles. The van der Waals surface area contributed by atoms with E-state index in [1.165, 1.54) is 14.2 Å². The molecule has 0 aromatic rings. The van der Waals surface area contributed by atoms with Crippen molar-refractivity contribution >= 4 is 11.9 Å². The topological polar surface area (TPSA) is 241 Å². The van der Waals surface area contributed by atoms with Crippen molar-refractivity contribution in [1.82, 2.24) is 0 Å². The Hall–Kier alpha value is -1.78. The van der Waals surface area contributed by atoms with Crippen molar-refractivity contribution < 1.29 is 105 Å². The Balaban J connectivity index is 0.000000316. The number of carbonyl (C=O) groups excluding carboxylic acids is 2. The van der Waals surface area contributed by atoms with Gasteiger partial charge in [-0.1, -0.05) is 218 Å². The highest BCUT2D eigenvalue weighted by Crippen LogP contribution is 2.48. The molecule has 8 fully saturated rings. The summed E-state index contributed by atoms with van der Waals surface area (Å²) in [6.07, 6.45) is 10.6. The summed E-state index contributed by atoms with van der Waals surface area (Å²) < 4.78 is 119. The number of methoxy groups -OCH3 is 2. The van der Waals surface area contributed by atoms with Crippen LogP contribution in [0, 0.1) is 94.7 Å². The van der Waals surface area contributed by atoms with Gasteiger partial charge in [-0.3, -0.25) is 9.59 Å². The quantitative estimate of drug-likeness (QED) is 0.0428. The van der Waals surface area contributed by atoms with E-state index >= 15 is 0 Å². The van der Waals surface area contributed by atoms with Crippen LogP contribution in [0.5, 0.6) is 0 Å². The molecule has 8 aliphatic heterocycles. The molecule has 8 aliphatic rings. The molecule has 16 unspecified atom stereocenters. The van der Waals surface area contributed by atoms with Crippen LogP contribution in [0.3, 0.4) is 0 Å². The third-order valence-corrected chi connectivity index (χ3v) is 29.7. The highest BCUT2D eigenvalue weighted by atomic mass is 16.8. The molecule has 22 heteroatoms. The van der Waals surface area contributed by atoms with Crippen LogP contribution in [0.25, 0.3) is 0 Å². The Morgan fingerprint density at radius 1 is 0.237 bits per heavy atom. The minimum absolute atomic E-state index is 0.000589. The molecular weight excluding hydrogens is 1460 g/mol. The van der Waals surface area contributed by atoms with Gasteiger partial charge in [0.1, 0.15) is 48.8 Å². The Labute approximate surface area is 691 Å². The van der Waals surface area contributed by atoms with Crippen molar-refractivity contribution in [2.24, 2.45) is 94.7 Å². The second-order valence-electron chi connectivity index (χ2n) is 36.6. The lowest BCUT2D eigenvalue weighted by atomic mass is 9.80. The fourth-order valence-corrected chi connectivity index (χ4v) is 19.6. The van der Waals surface area contributed by atoms with Crippen LogP contribution in [0.2, 0.25) is 0 Å². The van der Waals surface area contributed by atoms with Crippen LogP contribution in [0.15, 0.2) is 0 Å². The fraction of sp³-hybridized carbons (Fsp3) is 0.978. The smallest absolute Gasteiger partial charge is 0.305 e. The number of rotatable bonds is 40. The lowest BCUT2D eigenvalue weighted by Crippen LogP contribution is -2.61. The van der Waals surface area contributed by atoms with Crippen molar-refractivity contribution in [2.75, 3.05) is 27.4 Å². The molecular formula is C92H168O22. The van der Waals surface area contributed by atoms with E-state index in [0.29, 0.717) is 26.1 Å². The van der Waals surface area contributed by atoms with Crippen molar-refractivity contribution in [3.63, 3.8) is 0 Å². The van der Waals surface area contributed by atoms with Gasteiger partial charge in [-0.2, -0.15) is 0 Å². The number of aliphatic hydroxyl groups is 2. The summed E-state index contributed by atoms with van der Waals surface area (Å²) in [5.74, 6) is 2.23. The Kier molecular flexibility index (Phi) is 42.6. The Morgan fingerprint density at radius 3 is 0.632 bits per heavy atom. The first-order valence-electron chi connectivity index (χ1n) is 46.3. The molecule has 0 spiro atoms. The first-order chi connectivity index (χ1) is 54.4. The van der Waals surface area contributed by atoms with E-state index in [2.05, 4.69) is 166 Å². The number of hydrogen-bond donors (Lipinski definition) is 2. The zero-order valence-electron chi connectivity index (χ0n) is 76.1. The maximum Gasteiger partial charge on any atom is 0.305 e. The summed E-state index contributed by atoms with van der Waals surface area (Å²) >= 11 is 0. The molecule has 668 valence electrons. The summed E-state index contributed by atoms with van der Waals surface area (Å²) in [6.45, 7) is 53.7. The molecule has 0 aliphatic carbocycles. The predicted molar refractivity (Wildman–Crippen MR) is 440 cm³/mol. The van der Waals surface area contributed by atoms with Crippen LogP contribution < -0.4 is 0 Å². The van der Waals surface area contributed by atoms with E-state index in [4.69, 9.17) is 85.3 Å². The second kappa shape index (κ2) is 48.9. The zero-order valence-corrected chi connectivity index (χ0v) is 76.1. The normalized spacial score (nSPS) is 44.2. The molecule has 8 rings (SSSR count). The molecule has 0 saturated carbocycles. The van der Waals surface area contributed by atoms with Gasteiger partial charge in [0.15, 0.2) is 50.3 Å². The van der Waals surface area contributed by atoms with Crippen molar-refractivity contribution in [1.29, 1.82) is 0 Å². The van der Waals surface area contributed by atoms with Gasteiger partial charge in [-0.25, -0.2) is 0 Å². The van der Waals surface area contributed by atoms with Crippen molar-refractivity contribution in [3.05, 3.63) is 0 Å². The van der Waals surface area contributed by atoms with Gasteiger partial charge in [0.2, 0.25) is 0 Å². The lowest BCUT2D eigenvalue weighted by Gasteiger charge is -2.52. The molecule has 2 N–H and O–H groups in total. The number of ether oxygens (including phenoxy) is 18. The molecule has 8 heterocycles. The second-order valence-corrected chi connectivity index (χ2v) is 36.6. The summed E-state index contributed by atoms with van der Waals surface area (Å²) in [4.78, 5) is 22.8. The first-order valence-corrected chi connectivity index (χ1v) is 46.3. The van der Waals surface area contributed by atoms with E-state index in [0.717, 1.165) is 128 Å². The number of unbranched alkanes of at least 4 members (excludes halogenated alkanes) is 10. The summed E-state index contributed by atoms with van der Waals surface area (Å²) in [5, 5.41) is 22.9. The monoisotopic (exact) mass is 1630 g/mol. The molecule has 0 bridgehead atoms. The van der Waals surface area contributed by atoms with Crippen molar-refractivity contribution in [2.45, 2.75) is 455 Å². The van der Waals surface area contributed by atoms with Crippen LogP contribution in [-0.4, -0.2) is 198 Å². The third-order valence-electron chi connectivity index (χ3n) is 29.7. The zero-order chi connectivity index (χ0) is 83.9. The minimum atomic E-state index is -0.776. The highest BCUT2D eigenvalue weighted by Gasteiger charge is 2.56. The molecule has 0 radical (unpaired) electrons. The van der Waals surface area contributed by atoms with Crippen LogP contribution >= 0.6 is 0 Å². The lowest BCUT2D eigenvalue weighted by molar-refractivity contribution is -0.387. The van der Waals surface area contributed by atoms with E-state index in [9.17, 15) is 19.8 Å². The molecule has 0 aromatic carbocycles. The SMILES string of the molecule is CCC1O[C@H](OC2[C@@H](OC3[C@@H](OC4[C@@H](OCCCCCCCCC(=O)OC)OC(CC)[C@@H](C)[C@@H]4C)OC(CC)[C@@H](C)[C@@H]3C)OC(CC)[C@@H](C)[C@@H]2C)C(O)[C@@H](C)[C@@H]1C.CCC1O[C@H](OC2[C@@H](OC3[C@@H](OC4[C@H](OCCCCCCCCC(=O)OC)OC(CC)[C@@H](C)[C@@H]4C)OC(CC)[C@@H](C)[C@@H]3C)OC(CC)[C@@H](C)[C@@H]2C)C(O)[C@@H](C)[C@@H]1C. The Morgan fingerprint density at radius 2 is 0.412 bits per heavy atom. The number of hydrogen-bond acceptors (Lipinski definition) is 22. The average molecular weight is 1630 g/mol. The van der Waals surface area contributed by atoms with E-state index in [1.807, 2.05) is 0 Å². The molecule has 0 amide bonds. The van der Waals surface area contributed by atoms with Gasteiger partial charge in [0.25, 0.3) is 0 Å². The standard InChI is InChI=1S/2C46H84O11/c2*1-14-34-26(5)30(9)39(48)43(51-34)55-41-32(11)28(7)36(16-3)53-45(41)57-42-33(12)29(8)37(17-4)54-46(42)56-40-31(10)27(6)35(15-2)52-44(40)50-25-23-21-19-18-20-22-24-38(47)49-13/h2*26-37,39-46,48H,14-25H2,1-13H3/t26-,27-,28-,29-,30-,31-,32-,33-,34?,35?,36?,37?,39?,40?,41?,42?,43+,44+,45+,46+;26-,27-,28-,29-,30-,31-,32-,33-,34?,35?,36?,37?,39?,40?,41?,42?,43+,44-,45+,46+/m00/s1. The summed E-state index contributed by atoms with van der Waals surface area (Å²) in [7, 11) is 2.88. The summed E-state index contributed by atoms with van der Waals surface area (Å²) in [6, 6.07) is 0. The number of esters is 2. The minimum Gasteiger partial charge on any atom is -0.469 e. The largest absolute Gasteiger partial charge is 0.469 e. The van der Waals surface area contributed by atoms with Crippen LogP contribution in [0.4, 0.5) is 0 Å². The van der Waals surface area contributed by atoms with Gasteiger partial charge in [-0.15, -0.1) is 0 Å². The van der Waals surface area contributed by atoms with Gasteiger partial charge in [0.05, 0.1) is 63.1 Å². The first kappa shape index (κ1) is 99.3. The fourth-order valence-electron chi connectivity index (χ4n) is 19.6. The van der Waals surface area contributed by atoms with E-state index in [-0.39, 0.29) is 168 Å². The van der Waals surface area contributed by atoms with Gasteiger partial charge in [-0.05, 0) is 172 Å². The van der Waals surface area contributed by atoms with Crippen LogP contribution in [-0.2, 0) is 94.9 Å². The van der Waals surface area contributed by atoms with Gasteiger partial charge in [0, 0.05) is 26.1 Å². The van der Waals surface area contributed by atoms with Gasteiger partial charge < -0.3 is 95.5 Å². The van der Waals surface area contributed by atoms with Gasteiger partial charge >= 0.3 is 11.9 Å². The number of carbonyl (C=O) groups is 2. The highest BCUT2D eigenvalue weighted by molar-refractivity contribution is 5.69. The Bertz CT molecular complexity index is 2480.